The minimum atomic E-state index is -0.0232. The van der Waals surface area contributed by atoms with Gasteiger partial charge in [-0.05, 0) is 37.3 Å². The van der Waals surface area contributed by atoms with Gasteiger partial charge in [-0.25, -0.2) is 0 Å². The number of aliphatic hydroxyl groups excluding tert-OH is 1. The van der Waals surface area contributed by atoms with Crippen molar-refractivity contribution in [1.82, 2.24) is 0 Å². The summed E-state index contributed by atoms with van der Waals surface area (Å²) in [4.78, 5) is 0. The fourth-order valence-electron chi connectivity index (χ4n) is 4.49. The van der Waals surface area contributed by atoms with E-state index in [0.717, 1.165) is 25.7 Å². The number of aryl methyl sites for hydroxylation is 1. The second kappa shape index (κ2) is 6.73. The van der Waals surface area contributed by atoms with Gasteiger partial charge in [-0.15, -0.1) is 0 Å². The summed E-state index contributed by atoms with van der Waals surface area (Å²) in [5.41, 5.74) is 3.84. The molecule has 0 amide bonds. The molecule has 5 atom stereocenters. The number of ether oxygens (including phenoxy) is 1. The van der Waals surface area contributed by atoms with E-state index in [1.807, 2.05) is 0 Å². The highest BCUT2D eigenvalue weighted by atomic mass is 16.5. The third kappa shape index (κ3) is 2.80. The lowest BCUT2D eigenvalue weighted by atomic mass is 9.73. The summed E-state index contributed by atoms with van der Waals surface area (Å²) in [5.74, 6) is 0.976. The van der Waals surface area contributed by atoms with Gasteiger partial charge in [0.05, 0.1) is 18.8 Å². The van der Waals surface area contributed by atoms with Crippen molar-refractivity contribution in [3.8, 4) is 0 Å². The Bertz CT molecular complexity index is 651. The Labute approximate surface area is 144 Å². The van der Waals surface area contributed by atoms with Gasteiger partial charge in [0.25, 0.3) is 0 Å². The van der Waals surface area contributed by atoms with Gasteiger partial charge in [-0.2, -0.15) is 0 Å². The molecule has 1 aliphatic carbocycles. The Balaban J connectivity index is 1.70. The molecule has 128 valence electrons. The normalized spacial score (nSPS) is 34.3. The SMILES string of the molecule is CCc1ccc2c(c1)[C@H]1O[C@@H](CO)CC[C@H]1[C@H](C1C=CC=CC1)N2. The molecule has 2 N–H and O–H groups in total. The van der Waals surface area contributed by atoms with Crippen LogP contribution in [0.4, 0.5) is 5.69 Å². The molecule has 2 aliphatic heterocycles. The van der Waals surface area contributed by atoms with Crippen LogP contribution in [-0.2, 0) is 11.2 Å². The summed E-state index contributed by atoms with van der Waals surface area (Å²) >= 11 is 0. The number of fused-ring (bicyclic) bond motifs is 3. The standard InChI is InChI=1S/C21H27NO2/c1-2-14-8-11-19-18(12-14)21-17(10-9-16(13-23)24-21)20(22-19)15-6-4-3-5-7-15/h3-6,8,11-12,15-17,20-23H,2,7,9-10,13H2,1H3/t15?,16-,17+,20+,21+/m1/s1. The topological polar surface area (TPSA) is 41.5 Å². The third-order valence-electron chi connectivity index (χ3n) is 5.84. The first-order valence-electron chi connectivity index (χ1n) is 9.29. The molecule has 1 saturated heterocycles. The first-order valence-corrected chi connectivity index (χ1v) is 9.29. The lowest BCUT2D eigenvalue weighted by molar-refractivity contribution is -0.112. The average molecular weight is 325 g/mol. The summed E-state index contributed by atoms with van der Waals surface area (Å²) in [6, 6.07) is 7.13. The first kappa shape index (κ1) is 15.9. The molecule has 1 unspecified atom stereocenters. The summed E-state index contributed by atoms with van der Waals surface area (Å²) in [6.07, 6.45) is 13.2. The zero-order valence-corrected chi connectivity index (χ0v) is 14.3. The van der Waals surface area contributed by atoms with E-state index in [1.54, 1.807) is 0 Å². The molecule has 3 heteroatoms. The number of benzene rings is 1. The largest absolute Gasteiger partial charge is 0.394 e. The predicted octanol–water partition coefficient (Wildman–Crippen LogP) is 4.00. The number of rotatable bonds is 3. The summed E-state index contributed by atoms with van der Waals surface area (Å²) in [5, 5.41) is 13.4. The molecule has 3 aliphatic rings. The van der Waals surface area contributed by atoms with Crippen LogP contribution in [0.15, 0.2) is 42.5 Å². The van der Waals surface area contributed by atoms with Crippen molar-refractivity contribution < 1.29 is 9.84 Å². The van der Waals surface area contributed by atoms with Crippen molar-refractivity contribution in [1.29, 1.82) is 0 Å². The fraction of sp³-hybridized carbons (Fsp3) is 0.524. The van der Waals surface area contributed by atoms with E-state index in [2.05, 4.69) is 54.7 Å². The molecule has 1 aromatic rings. The van der Waals surface area contributed by atoms with Crippen LogP contribution in [0.25, 0.3) is 0 Å². The molecule has 4 rings (SSSR count). The highest BCUT2D eigenvalue weighted by Gasteiger charge is 2.43. The van der Waals surface area contributed by atoms with Gasteiger partial charge in [-0.1, -0.05) is 43.4 Å². The molecule has 0 saturated carbocycles. The fourth-order valence-corrected chi connectivity index (χ4v) is 4.49. The molecule has 2 heterocycles. The van der Waals surface area contributed by atoms with E-state index >= 15 is 0 Å². The van der Waals surface area contributed by atoms with Gasteiger partial charge in [-0.3, -0.25) is 0 Å². The van der Waals surface area contributed by atoms with Crippen LogP contribution in [0.3, 0.4) is 0 Å². The van der Waals surface area contributed by atoms with Crippen molar-refractivity contribution in [2.45, 2.75) is 50.9 Å². The van der Waals surface area contributed by atoms with Crippen LogP contribution in [0.1, 0.15) is 43.4 Å². The monoisotopic (exact) mass is 325 g/mol. The molecule has 0 radical (unpaired) electrons. The number of hydrogen-bond acceptors (Lipinski definition) is 3. The van der Waals surface area contributed by atoms with Crippen molar-refractivity contribution in [3.05, 3.63) is 53.6 Å². The maximum Gasteiger partial charge on any atom is 0.0897 e. The van der Waals surface area contributed by atoms with Crippen LogP contribution in [0, 0.1) is 11.8 Å². The van der Waals surface area contributed by atoms with Crippen LogP contribution in [0.5, 0.6) is 0 Å². The second-order valence-electron chi connectivity index (χ2n) is 7.26. The minimum absolute atomic E-state index is 0.0232. The average Bonchev–Trinajstić information content (AvgIpc) is 2.67. The first-order chi connectivity index (χ1) is 11.8. The highest BCUT2D eigenvalue weighted by molar-refractivity contribution is 5.57. The van der Waals surface area contributed by atoms with E-state index in [1.165, 1.54) is 16.8 Å². The zero-order valence-electron chi connectivity index (χ0n) is 14.3. The van der Waals surface area contributed by atoms with Crippen molar-refractivity contribution in [2.75, 3.05) is 11.9 Å². The molecule has 1 fully saturated rings. The van der Waals surface area contributed by atoms with Gasteiger partial charge in [0, 0.05) is 29.1 Å². The van der Waals surface area contributed by atoms with Crippen molar-refractivity contribution in [2.24, 2.45) is 11.8 Å². The van der Waals surface area contributed by atoms with E-state index < -0.39 is 0 Å². The maximum absolute atomic E-state index is 9.58. The number of nitrogens with one attached hydrogen (secondary N) is 1. The van der Waals surface area contributed by atoms with Crippen molar-refractivity contribution >= 4 is 5.69 Å². The summed E-state index contributed by atoms with van der Waals surface area (Å²) in [7, 11) is 0. The lowest BCUT2D eigenvalue weighted by Crippen LogP contribution is -2.47. The Morgan fingerprint density at radius 1 is 1.25 bits per heavy atom. The molecule has 0 aromatic heterocycles. The van der Waals surface area contributed by atoms with E-state index in [4.69, 9.17) is 4.74 Å². The van der Waals surface area contributed by atoms with Crippen LogP contribution in [0.2, 0.25) is 0 Å². The quantitative estimate of drug-likeness (QED) is 0.882. The Kier molecular flexibility index (Phi) is 4.47. The van der Waals surface area contributed by atoms with E-state index in [-0.39, 0.29) is 18.8 Å². The minimum Gasteiger partial charge on any atom is -0.394 e. The third-order valence-corrected chi connectivity index (χ3v) is 5.84. The number of aliphatic hydroxyl groups is 1. The Morgan fingerprint density at radius 3 is 2.92 bits per heavy atom. The summed E-state index contributed by atoms with van der Waals surface area (Å²) in [6.45, 7) is 2.31. The van der Waals surface area contributed by atoms with Crippen molar-refractivity contribution in [3.63, 3.8) is 0 Å². The Morgan fingerprint density at radius 2 is 2.17 bits per heavy atom. The molecule has 3 nitrogen and oxygen atoms in total. The van der Waals surface area contributed by atoms with Crippen LogP contribution < -0.4 is 5.32 Å². The summed E-state index contributed by atoms with van der Waals surface area (Å²) < 4.78 is 6.35. The van der Waals surface area contributed by atoms with Gasteiger partial charge in [0.15, 0.2) is 0 Å². The van der Waals surface area contributed by atoms with E-state index in [0.29, 0.717) is 17.9 Å². The van der Waals surface area contributed by atoms with E-state index in [9.17, 15) is 5.11 Å². The zero-order chi connectivity index (χ0) is 16.5. The Hall–Kier alpha value is -1.58. The molecule has 0 bridgehead atoms. The molecule has 0 spiro atoms. The smallest absolute Gasteiger partial charge is 0.0897 e. The maximum atomic E-state index is 9.58. The number of hydrogen-bond donors (Lipinski definition) is 2. The second-order valence-corrected chi connectivity index (χ2v) is 7.26. The van der Waals surface area contributed by atoms with Crippen LogP contribution in [-0.4, -0.2) is 23.9 Å². The number of anilines is 1. The lowest BCUT2D eigenvalue weighted by Gasteiger charge is -2.47. The molecular weight excluding hydrogens is 298 g/mol. The predicted molar refractivity (Wildman–Crippen MR) is 97.0 cm³/mol. The molecule has 24 heavy (non-hydrogen) atoms. The van der Waals surface area contributed by atoms with Gasteiger partial charge >= 0.3 is 0 Å². The van der Waals surface area contributed by atoms with Gasteiger partial charge < -0.3 is 15.2 Å². The highest BCUT2D eigenvalue weighted by Crippen LogP contribution is 2.48. The molecular formula is C21H27NO2. The number of allylic oxidation sites excluding steroid dienone is 3. The van der Waals surface area contributed by atoms with Crippen LogP contribution >= 0.6 is 0 Å². The van der Waals surface area contributed by atoms with Gasteiger partial charge in [0.1, 0.15) is 0 Å². The van der Waals surface area contributed by atoms with Gasteiger partial charge in [0.2, 0.25) is 0 Å². The molecule has 1 aromatic carbocycles.